The van der Waals surface area contributed by atoms with Crippen molar-refractivity contribution in [1.29, 1.82) is 0 Å². The van der Waals surface area contributed by atoms with Gasteiger partial charge in [0.15, 0.2) is 5.82 Å². The van der Waals surface area contributed by atoms with Gasteiger partial charge >= 0.3 is 0 Å². The van der Waals surface area contributed by atoms with Crippen molar-refractivity contribution < 1.29 is 13.7 Å². The van der Waals surface area contributed by atoms with Crippen molar-refractivity contribution in [2.75, 3.05) is 5.32 Å². The summed E-state index contributed by atoms with van der Waals surface area (Å²) in [7, 11) is 0. The third kappa shape index (κ3) is 3.41. The number of aryl methyl sites for hydroxylation is 1. The van der Waals surface area contributed by atoms with Crippen molar-refractivity contribution in [3.63, 3.8) is 0 Å². The first-order valence-electron chi connectivity index (χ1n) is 9.26. The second-order valence-electron chi connectivity index (χ2n) is 7.25. The van der Waals surface area contributed by atoms with E-state index < -0.39 is 17.3 Å². The Labute approximate surface area is 161 Å². The van der Waals surface area contributed by atoms with E-state index in [1.165, 1.54) is 12.1 Å². The molecular weight excluding hydrogens is 359 g/mol. The molecule has 0 unspecified atom stereocenters. The van der Waals surface area contributed by atoms with Crippen molar-refractivity contribution in [2.24, 2.45) is 5.73 Å². The van der Waals surface area contributed by atoms with Crippen molar-refractivity contribution in [2.45, 2.75) is 38.1 Å². The van der Waals surface area contributed by atoms with E-state index >= 15 is 0 Å². The highest BCUT2D eigenvalue weighted by Crippen LogP contribution is 2.35. The highest BCUT2D eigenvalue weighted by molar-refractivity contribution is 6.05. The van der Waals surface area contributed by atoms with Crippen molar-refractivity contribution >= 4 is 11.6 Å². The lowest BCUT2D eigenvalue weighted by Gasteiger charge is -2.17. The number of rotatable bonds is 4. The van der Waals surface area contributed by atoms with Gasteiger partial charge in [0.1, 0.15) is 5.82 Å². The van der Waals surface area contributed by atoms with Crippen LogP contribution in [0.3, 0.4) is 0 Å². The van der Waals surface area contributed by atoms with Crippen LogP contribution in [0.25, 0.3) is 11.5 Å². The third-order valence-electron chi connectivity index (χ3n) is 5.22. The summed E-state index contributed by atoms with van der Waals surface area (Å²) >= 11 is 0. The molecule has 0 saturated heterocycles. The lowest BCUT2D eigenvalue weighted by atomic mass is 9.98. The number of nitrogens with two attached hydrogens (primary N) is 1. The molecule has 1 heterocycles. The van der Waals surface area contributed by atoms with Crippen molar-refractivity contribution in [1.82, 2.24) is 10.1 Å². The zero-order valence-corrected chi connectivity index (χ0v) is 15.5. The number of aromatic nitrogens is 2. The lowest BCUT2D eigenvalue weighted by Crippen LogP contribution is -2.34. The number of benzene rings is 2. The molecule has 2 aromatic carbocycles. The summed E-state index contributed by atoms with van der Waals surface area (Å²) in [5.41, 5.74) is 7.89. The van der Waals surface area contributed by atoms with Crippen LogP contribution in [0.4, 0.5) is 10.1 Å². The van der Waals surface area contributed by atoms with Crippen LogP contribution in [0.5, 0.6) is 0 Å². The molecule has 1 amide bonds. The maximum atomic E-state index is 13.9. The van der Waals surface area contributed by atoms with E-state index in [2.05, 4.69) is 15.5 Å². The summed E-state index contributed by atoms with van der Waals surface area (Å²) in [4.78, 5) is 16.9. The Bertz CT molecular complexity index is 1020. The van der Waals surface area contributed by atoms with E-state index in [1.54, 1.807) is 18.2 Å². The number of nitrogens with zero attached hydrogens (tertiary/aromatic N) is 2. The Morgan fingerprint density at radius 2 is 1.96 bits per heavy atom. The van der Waals surface area contributed by atoms with Gasteiger partial charge in [0.2, 0.25) is 0 Å². The highest BCUT2D eigenvalue weighted by atomic mass is 19.1. The first-order chi connectivity index (χ1) is 13.5. The minimum atomic E-state index is -0.569. The molecule has 1 aliphatic rings. The average molecular weight is 380 g/mol. The van der Waals surface area contributed by atoms with Gasteiger partial charge in [-0.25, -0.2) is 4.39 Å². The van der Waals surface area contributed by atoms with E-state index in [9.17, 15) is 9.18 Å². The molecule has 1 saturated carbocycles. The number of halogens is 1. The van der Waals surface area contributed by atoms with Gasteiger partial charge in [0.25, 0.3) is 11.8 Å². The van der Waals surface area contributed by atoms with E-state index in [0.717, 1.165) is 31.2 Å². The van der Waals surface area contributed by atoms with Gasteiger partial charge in [0, 0.05) is 11.3 Å². The van der Waals surface area contributed by atoms with Gasteiger partial charge in [-0.05, 0) is 49.6 Å². The topological polar surface area (TPSA) is 94.0 Å². The standard InChI is InChI=1S/C21H21FN4O2/c1-13-8-9-14(19-25-20(26-28-19)21(23)10-4-5-11-21)12-17(13)24-18(27)15-6-2-3-7-16(15)22/h2-3,6-9,12H,4-5,10-11,23H2,1H3,(H,24,27). The van der Waals surface area contributed by atoms with Crippen molar-refractivity contribution in [3.8, 4) is 11.5 Å². The van der Waals surface area contributed by atoms with Crippen LogP contribution in [0.1, 0.15) is 47.4 Å². The number of carbonyl (C=O) groups is 1. The Balaban J connectivity index is 1.60. The Morgan fingerprint density at radius 1 is 1.21 bits per heavy atom. The van der Waals surface area contributed by atoms with Gasteiger partial charge in [0.05, 0.1) is 11.1 Å². The molecule has 3 N–H and O–H groups in total. The quantitative estimate of drug-likeness (QED) is 0.709. The maximum Gasteiger partial charge on any atom is 0.258 e. The first-order valence-corrected chi connectivity index (χ1v) is 9.26. The summed E-state index contributed by atoms with van der Waals surface area (Å²) < 4.78 is 19.3. The molecule has 0 aliphatic heterocycles. The SMILES string of the molecule is Cc1ccc(-c2nc(C3(N)CCCC3)no2)cc1NC(=O)c1ccccc1F. The predicted octanol–water partition coefficient (Wildman–Crippen LogP) is 4.16. The fourth-order valence-electron chi connectivity index (χ4n) is 3.50. The fraction of sp³-hybridized carbons (Fsp3) is 0.286. The van der Waals surface area contributed by atoms with Gasteiger partial charge in [-0.15, -0.1) is 0 Å². The molecule has 0 atom stereocenters. The molecule has 7 heteroatoms. The highest BCUT2D eigenvalue weighted by Gasteiger charge is 2.36. The van der Waals surface area contributed by atoms with Gasteiger partial charge in [-0.1, -0.05) is 36.2 Å². The molecule has 28 heavy (non-hydrogen) atoms. The maximum absolute atomic E-state index is 13.9. The molecule has 3 aromatic rings. The summed E-state index contributed by atoms with van der Waals surface area (Å²) in [6, 6.07) is 11.3. The number of hydrogen-bond donors (Lipinski definition) is 2. The first kappa shape index (κ1) is 18.3. The van der Waals surface area contributed by atoms with Crippen LogP contribution in [0.2, 0.25) is 0 Å². The van der Waals surface area contributed by atoms with Gasteiger partial charge < -0.3 is 15.6 Å². The molecule has 1 aromatic heterocycles. The number of hydrogen-bond acceptors (Lipinski definition) is 5. The van der Waals surface area contributed by atoms with Crippen LogP contribution in [0, 0.1) is 12.7 Å². The van der Waals surface area contributed by atoms with Crippen LogP contribution in [-0.4, -0.2) is 16.0 Å². The molecule has 1 fully saturated rings. The predicted molar refractivity (Wildman–Crippen MR) is 103 cm³/mol. The molecule has 144 valence electrons. The molecule has 0 bridgehead atoms. The zero-order chi connectivity index (χ0) is 19.7. The Morgan fingerprint density at radius 3 is 2.71 bits per heavy atom. The summed E-state index contributed by atoms with van der Waals surface area (Å²) in [6.45, 7) is 1.85. The second-order valence-corrected chi connectivity index (χ2v) is 7.25. The van der Waals surface area contributed by atoms with E-state index in [1.807, 2.05) is 19.1 Å². The van der Waals surface area contributed by atoms with Crippen molar-refractivity contribution in [3.05, 3.63) is 65.2 Å². The largest absolute Gasteiger partial charge is 0.334 e. The Kier molecular flexibility index (Phi) is 4.68. The minimum absolute atomic E-state index is 0.0151. The van der Waals surface area contributed by atoms with Crippen LogP contribution >= 0.6 is 0 Å². The number of carbonyl (C=O) groups excluding carboxylic acids is 1. The zero-order valence-electron chi connectivity index (χ0n) is 15.5. The normalized spacial score (nSPS) is 15.5. The summed E-state index contributed by atoms with van der Waals surface area (Å²) in [5.74, 6) is -0.234. The Hall–Kier alpha value is -3.06. The monoisotopic (exact) mass is 380 g/mol. The van der Waals surface area contributed by atoms with E-state index in [4.69, 9.17) is 10.3 Å². The minimum Gasteiger partial charge on any atom is -0.334 e. The van der Waals surface area contributed by atoms with Crippen LogP contribution < -0.4 is 11.1 Å². The number of anilines is 1. The second kappa shape index (κ2) is 7.16. The van der Waals surface area contributed by atoms with Crippen LogP contribution in [-0.2, 0) is 5.54 Å². The molecule has 6 nitrogen and oxygen atoms in total. The van der Waals surface area contributed by atoms with E-state index in [-0.39, 0.29) is 5.56 Å². The van der Waals surface area contributed by atoms with Gasteiger partial charge in [-0.3, -0.25) is 4.79 Å². The molecular formula is C21H21FN4O2. The average Bonchev–Trinajstić information content (AvgIpc) is 3.34. The summed E-state index contributed by atoms with van der Waals surface area (Å²) in [5, 5.41) is 6.82. The molecule has 0 radical (unpaired) electrons. The smallest absolute Gasteiger partial charge is 0.258 e. The number of amides is 1. The molecule has 0 spiro atoms. The third-order valence-corrected chi connectivity index (χ3v) is 5.22. The molecule has 4 rings (SSSR count). The molecule has 1 aliphatic carbocycles. The fourth-order valence-corrected chi connectivity index (χ4v) is 3.50. The lowest BCUT2D eigenvalue weighted by molar-refractivity contribution is 0.102. The van der Waals surface area contributed by atoms with E-state index in [0.29, 0.717) is 23.0 Å². The summed E-state index contributed by atoms with van der Waals surface area (Å²) in [6.07, 6.45) is 3.78. The number of nitrogens with one attached hydrogen (secondary N) is 1. The van der Waals surface area contributed by atoms with Gasteiger partial charge in [-0.2, -0.15) is 4.98 Å². The van der Waals surface area contributed by atoms with Crippen LogP contribution in [0.15, 0.2) is 47.0 Å².